The summed E-state index contributed by atoms with van der Waals surface area (Å²) in [7, 11) is 0. The third-order valence-corrected chi connectivity index (χ3v) is 4.93. The molecule has 0 amide bonds. The van der Waals surface area contributed by atoms with Gasteiger partial charge >= 0.3 is 0 Å². The molecule has 0 radical (unpaired) electrons. The van der Waals surface area contributed by atoms with Gasteiger partial charge in [0.15, 0.2) is 11.7 Å². The minimum absolute atomic E-state index is 0.0802. The van der Waals surface area contributed by atoms with Crippen LogP contribution in [0.5, 0.6) is 0 Å². The molecule has 2 aromatic rings. The Morgan fingerprint density at radius 3 is 3.00 bits per heavy atom. The third kappa shape index (κ3) is 2.33. The number of anilines is 1. The van der Waals surface area contributed by atoms with E-state index in [0.29, 0.717) is 11.4 Å². The number of hydrogen-bond acceptors (Lipinski definition) is 6. The van der Waals surface area contributed by atoms with Crippen molar-refractivity contribution in [3.63, 3.8) is 0 Å². The second kappa shape index (κ2) is 5.33. The molecule has 0 atom stereocenters. The molecule has 3 N–H and O–H groups in total. The summed E-state index contributed by atoms with van der Waals surface area (Å²) < 4.78 is 0. The Balaban J connectivity index is 2.05. The van der Waals surface area contributed by atoms with Crippen LogP contribution in [0.25, 0.3) is 0 Å². The molecule has 0 saturated carbocycles. The number of nitrogens with zero attached hydrogens (tertiary/aromatic N) is 4. The van der Waals surface area contributed by atoms with E-state index in [0.717, 1.165) is 30.8 Å². The van der Waals surface area contributed by atoms with E-state index in [1.165, 1.54) is 10.4 Å². The smallest absolute Gasteiger partial charge is 0.174 e. The number of amidine groups is 1. The van der Waals surface area contributed by atoms with Crippen molar-refractivity contribution in [1.29, 1.82) is 0 Å². The molecule has 7 heteroatoms. The van der Waals surface area contributed by atoms with Crippen molar-refractivity contribution >= 4 is 23.0 Å². The average Bonchev–Trinajstić information content (AvgIpc) is 2.96. The third-order valence-electron chi connectivity index (χ3n) is 3.91. The zero-order valence-corrected chi connectivity index (χ0v) is 12.8. The maximum atomic E-state index is 9.05. The van der Waals surface area contributed by atoms with Crippen LogP contribution in [0.15, 0.2) is 16.6 Å². The molecule has 3 rings (SSSR count). The number of nitrogens with two attached hydrogens (primary N) is 1. The Bertz CT molecular complexity index is 709. The summed E-state index contributed by atoms with van der Waals surface area (Å²) >= 11 is 1.79. The molecule has 2 aromatic heterocycles. The molecule has 0 aliphatic carbocycles. The highest BCUT2D eigenvalue weighted by molar-refractivity contribution is 7.10. The number of aryl methyl sites for hydroxylation is 1. The first kappa shape index (κ1) is 13.8. The molecule has 0 fully saturated rings. The van der Waals surface area contributed by atoms with Gasteiger partial charge in [-0.3, -0.25) is 0 Å². The van der Waals surface area contributed by atoms with E-state index in [2.05, 4.69) is 31.7 Å². The number of hydrogen-bond donors (Lipinski definition) is 2. The summed E-state index contributed by atoms with van der Waals surface area (Å²) in [6.07, 6.45) is 0.983. The van der Waals surface area contributed by atoms with Crippen molar-refractivity contribution in [2.24, 2.45) is 10.9 Å². The fraction of sp³-hybridized carbons (Fsp3) is 0.357. The van der Waals surface area contributed by atoms with Crippen molar-refractivity contribution in [2.75, 3.05) is 11.4 Å². The van der Waals surface area contributed by atoms with Gasteiger partial charge in [-0.05, 0) is 42.8 Å². The molecule has 1 aliphatic heterocycles. The lowest BCUT2D eigenvalue weighted by Crippen LogP contribution is -2.33. The van der Waals surface area contributed by atoms with E-state index in [-0.39, 0.29) is 5.84 Å². The standard InChI is InChI=1S/C14H17N5OS/c1-8-9(2)16-17-14(12(8)13(15)18-20)19-5-3-11-10(7-19)4-6-21-11/h4,6,20H,3,5,7H2,1-2H3,(H2,15,18). The van der Waals surface area contributed by atoms with Crippen LogP contribution in [0.2, 0.25) is 0 Å². The summed E-state index contributed by atoms with van der Waals surface area (Å²) in [6.45, 7) is 5.42. The van der Waals surface area contributed by atoms with Crippen molar-refractivity contribution in [1.82, 2.24) is 10.2 Å². The summed E-state index contributed by atoms with van der Waals surface area (Å²) in [5.41, 5.74) is 9.52. The van der Waals surface area contributed by atoms with Gasteiger partial charge in [-0.1, -0.05) is 5.16 Å². The summed E-state index contributed by atoms with van der Waals surface area (Å²) in [5, 5.41) is 22.8. The second-order valence-electron chi connectivity index (χ2n) is 5.13. The summed E-state index contributed by atoms with van der Waals surface area (Å²) in [5.74, 6) is 0.766. The van der Waals surface area contributed by atoms with E-state index in [4.69, 9.17) is 10.9 Å². The van der Waals surface area contributed by atoms with E-state index < -0.39 is 0 Å². The SMILES string of the molecule is Cc1nnc(N2CCc3sccc3C2)c(/C(N)=N/O)c1C. The first-order chi connectivity index (χ1) is 10.1. The molecule has 1 aliphatic rings. The minimum atomic E-state index is 0.0802. The van der Waals surface area contributed by atoms with Crippen LogP contribution in [0.4, 0.5) is 5.82 Å². The van der Waals surface area contributed by atoms with Crippen LogP contribution in [0.1, 0.15) is 27.3 Å². The van der Waals surface area contributed by atoms with Crippen LogP contribution in [0.3, 0.4) is 0 Å². The second-order valence-corrected chi connectivity index (χ2v) is 6.14. The van der Waals surface area contributed by atoms with Gasteiger partial charge in [-0.15, -0.1) is 16.4 Å². The number of rotatable bonds is 2. The monoisotopic (exact) mass is 303 g/mol. The molecule has 6 nitrogen and oxygen atoms in total. The highest BCUT2D eigenvalue weighted by Crippen LogP contribution is 2.29. The Morgan fingerprint density at radius 2 is 2.24 bits per heavy atom. The van der Waals surface area contributed by atoms with Crippen molar-refractivity contribution in [2.45, 2.75) is 26.8 Å². The number of fused-ring (bicyclic) bond motifs is 1. The van der Waals surface area contributed by atoms with Crippen LogP contribution in [-0.4, -0.2) is 27.8 Å². The highest BCUT2D eigenvalue weighted by atomic mass is 32.1. The van der Waals surface area contributed by atoms with Crippen molar-refractivity contribution in [3.05, 3.63) is 38.7 Å². The molecule has 0 unspecified atom stereocenters. The van der Waals surface area contributed by atoms with Gasteiger partial charge < -0.3 is 15.8 Å². The highest BCUT2D eigenvalue weighted by Gasteiger charge is 2.24. The van der Waals surface area contributed by atoms with Gasteiger partial charge in [0.2, 0.25) is 0 Å². The number of oxime groups is 1. The predicted octanol–water partition coefficient (Wildman–Crippen LogP) is 1.81. The number of aromatic nitrogens is 2. The first-order valence-corrected chi connectivity index (χ1v) is 7.61. The molecule has 0 bridgehead atoms. The van der Waals surface area contributed by atoms with Gasteiger partial charge in [-0.2, -0.15) is 5.10 Å². The maximum absolute atomic E-state index is 9.05. The van der Waals surface area contributed by atoms with Gasteiger partial charge in [0.25, 0.3) is 0 Å². The van der Waals surface area contributed by atoms with Gasteiger partial charge in [0.1, 0.15) is 0 Å². The Labute approximate surface area is 126 Å². The Morgan fingerprint density at radius 1 is 1.43 bits per heavy atom. The molecule has 21 heavy (non-hydrogen) atoms. The fourth-order valence-electron chi connectivity index (χ4n) is 2.60. The lowest BCUT2D eigenvalue weighted by atomic mass is 10.1. The molecular weight excluding hydrogens is 286 g/mol. The maximum Gasteiger partial charge on any atom is 0.174 e. The zero-order valence-electron chi connectivity index (χ0n) is 12.0. The van der Waals surface area contributed by atoms with Gasteiger partial charge in [-0.25, -0.2) is 0 Å². The minimum Gasteiger partial charge on any atom is -0.409 e. The van der Waals surface area contributed by atoms with Crippen molar-refractivity contribution in [3.8, 4) is 0 Å². The first-order valence-electron chi connectivity index (χ1n) is 6.73. The quantitative estimate of drug-likeness (QED) is 0.382. The zero-order chi connectivity index (χ0) is 15.0. The fourth-order valence-corrected chi connectivity index (χ4v) is 3.49. The predicted molar refractivity (Wildman–Crippen MR) is 83.1 cm³/mol. The molecule has 110 valence electrons. The van der Waals surface area contributed by atoms with E-state index in [9.17, 15) is 0 Å². The van der Waals surface area contributed by atoms with Crippen LogP contribution >= 0.6 is 11.3 Å². The topological polar surface area (TPSA) is 87.6 Å². The lowest BCUT2D eigenvalue weighted by Gasteiger charge is -2.29. The Hall–Kier alpha value is -2.15. The van der Waals surface area contributed by atoms with Gasteiger partial charge in [0.05, 0.1) is 11.3 Å². The van der Waals surface area contributed by atoms with E-state index in [1.54, 1.807) is 11.3 Å². The summed E-state index contributed by atoms with van der Waals surface area (Å²) in [6, 6.07) is 2.14. The van der Waals surface area contributed by atoms with Crippen LogP contribution < -0.4 is 10.6 Å². The largest absolute Gasteiger partial charge is 0.409 e. The summed E-state index contributed by atoms with van der Waals surface area (Å²) in [4.78, 5) is 3.57. The van der Waals surface area contributed by atoms with Crippen LogP contribution in [-0.2, 0) is 13.0 Å². The molecule has 0 spiro atoms. The molecular formula is C14H17N5OS. The van der Waals surface area contributed by atoms with E-state index >= 15 is 0 Å². The lowest BCUT2D eigenvalue weighted by molar-refractivity contribution is 0.318. The van der Waals surface area contributed by atoms with Crippen LogP contribution in [0, 0.1) is 13.8 Å². The average molecular weight is 303 g/mol. The Kier molecular flexibility index (Phi) is 3.50. The number of thiophene rings is 1. The molecule has 3 heterocycles. The molecule has 0 aromatic carbocycles. The van der Waals surface area contributed by atoms with Crippen molar-refractivity contribution < 1.29 is 5.21 Å². The van der Waals surface area contributed by atoms with Gasteiger partial charge in [0, 0.05) is 18.0 Å². The molecule has 0 saturated heterocycles. The normalized spacial score (nSPS) is 15.1. The van der Waals surface area contributed by atoms with E-state index in [1.807, 2.05) is 13.8 Å².